The zero-order chi connectivity index (χ0) is 32.3. The van der Waals surface area contributed by atoms with E-state index in [4.69, 9.17) is 0 Å². The number of rotatable bonds is 5. The molecule has 2 aromatic heterocycles. The molecule has 230 valence electrons. The number of thiophene rings is 2. The molecule has 0 aliphatic rings. The van der Waals surface area contributed by atoms with Crippen LogP contribution in [0.15, 0.2) is 176 Å². The molecule has 49 heavy (non-hydrogen) atoms. The Morgan fingerprint density at radius 2 is 0.959 bits per heavy atom. The quantitative estimate of drug-likeness (QED) is 0.178. The van der Waals surface area contributed by atoms with Crippen molar-refractivity contribution in [2.24, 2.45) is 0 Å². The molecule has 10 aromatic rings. The third kappa shape index (κ3) is 4.82. The summed E-state index contributed by atoms with van der Waals surface area (Å²) in [5, 5.41) is 7.80. The molecule has 0 aliphatic carbocycles. The number of anilines is 3. The average molecular weight is 660 g/mol. The molecule has 0 saturated carbocycles. The Bertz CT molecular complexity index is 2830. The van der Waals surface area contributed by atoms with E-state index in [-0.39, 0.29) is 0 Å². The second-order valence-corrected chi connectivity index (χ2v) is 14.7. The Labute approximate surface area is 292 Å². The van der Waals surface area contributed by atoms with Crippen LogP contribution in [0.2, 0.25) is 0 Å². The fourth-order valence-electron chi connectivity index (χ4n) is 7.26. The predicted octanol–water partition coefficient (Wildman–Crippen LogP) is 14.4. The van der Waals surface area contributed by atoms with Gasteiger partial charge in [0.15, 0.2) is 0 Å². The summed E-state index contributed by atoms with van der Waals surface area (Å²) in [6, 6.07) is 64.4. The summed E-state index contributed by atoms with van der Waals surface area (Å²) in [5.41, 5.74) is 8.30. The zero-order valence-electron chi connectivity index (χ0n) is 26.5. The molecule has 2 heterocycles. The summed E-state index contributed by atoms with van der Waals surface area (Å²) >= 11 is 3.75. The van der Waals surface area contributed by atoms with Crippen LogP contribution in [-0.4, -0.2) is 0 Å². The van der Waals surface area contributed by atoms with Crippen LogP contribution in [0.1, 0.15) is 0 Å². The summed E-state index contributed by atoms with van der Waals surface area (Å²) in [6.07, 6.45) is 0. The van der Waals surface area contributed by atoms with Crippen LogP contribution >= 0.6 is 22.7 Å². The van der Waals surface area contributed by atoms with Gasteiger partial charge < -0.3 is 4.90 Å². The summed E-state index contributed by atoms with van der Waals surface area (Å²) in [7, 11) is 0. The minimum Gasteiger partial charge on any atom is -0.310 e. The first-order valence-corrected chi connectivity index (χ1v) is 18.2. The summed E-state index contributed by atoms with van der Waals surface area (Å²) in [6.45, 7) is 0. The van der Waals surface area contributed by atoms with Crippen LogP contribution in [0.3, 0.4) is 0 Å². The Morgan fingerprint density at radius 3 is 1.80 bits per heavy atom. The van der Waals surface area contributed by atoms with Gasteiger partial charge in [0.1, 0.15) is 0 Å². The topological polar surface area (TPSA) is 3.24 Å². The fourth-order valence-corrected chi connectivity index (χ4v) is 9.64. The molecule has 0 spiro atoms. The molecule has 0 atom stereocenters. The smallest absolute Gasteiger partial charge is 0.0468 e. The standard InChI is InChI=1S/C46H29NS2/c1-2-10-30(11-3-1)31-20-23-35(24-21-31)47(37-25-22-32-28-42-40-15-5-6-18-43(40)48-45(42)29-34(32)27-37)36-13-8-12-33(26-36)38-16-9-17-41-39-14-4-7-19-44(39)49-46(38)41/h1-29H. The van der Waals surface area contributed by atoms with Gasteiger partial charge in [-0.1, -0.05) is 115 Å². The Kier molecular flexibility index (Phi) is 6.61. The van der Waals surface area contributed by atoms with Gasteiger partial charge in [-0.05, 0) is 93.7 Å². The van der Waals surface area contributed by atoms with Crippen molar-refractivity contribution in [3.05, 3.63) is 176 Å². The van der Waals surface area contributed by atoms with E-state index in [1.54, 1.807) is 0 Å². The van der Waals surface area contributed by atoms with Gasteiger partial charge >= 0.3 is 0 Å². The van der Waals surface area contributed by atoms with E-state index in [0.717, 1.165) is 17.1 Å². The van der Waals surface area contributed by atoms with Crippen LogP contribution < -0.4 is 4.90 Å². The van der Waals surface area contributed by atoms with E-state index in [9.17, 15) is 0 Å². The average Bonchev–Trinajstić information content (AvgIpc) is 3.73. The molecule has 3 heteroatoms. The molecule has 0 saturated heterocycles. The molecule has 8 aromatic carbocycles. The Morgan fingerprint density at radius 1 is 0.327 bits per heavy atom. The molecular formula is C46H29NS2. The Hall–Kier alpha value is -5.74. The first-order chi connectivity index (χ1) is 24.3. The van der Waals surface area contributed by atoms with Crippen molar-refractivity contribution in [2.75, 3.05) is 4.90 Å². The van der Waals surface area contributed by atoms with E-state index >= 15 is 0 Å². The highest BCUT2D eigenvalue weighted by molar-refractivity contribution is 7.26. The minimum absolute atomic E-state index is 1.12. The van der Waals surface area contributed by atoms with E-state index in [2.05, 4.69) is 181 Å². The van der Waals surface area contributed by atoms with Gasteiger partial charge in [0.2, 0.25) is 0 Å². The number of hydrogen-bond acceptors (Lipinski definition) is 3. The molecule has 0 N–H and O–H groups in total. The van der Waals surface area contributed by atoms with Gasteiger partial charge in [0.05, 0.1) is 0 Å². The second-order valence-electron chi connectivity index (χ2n) is 12.6. The second kappa shape index (κ2) is 11.5. The molecule has 0 radical (unpaired) electrons. The van der Waals surface area contributed by atoms with Crippen molar-refractivity contribution in [1.82, 2.24) is 0 Å². The third-order valence-corrected chi connectivity index (χ3v) is 12.0. The maximum absolute atomic E-state index is 2.40. The monoisotopic (exact) mass is 659 g/mol. The minimum atomic E-state index is 1.12. The van der Waals surface area contributed by atoms with Crippen molar-refractivity contribution in [1.29, 1.82) is 0 Å². The highest BCUT2D eigenvalue weighted by Crippen LogP contribution is 2.43. The van der Waals surface area contributed by atoms with Crippen LogP contribution in [-0.2, 0) is 0 Å². The molecule has 10 rings (SSSR count). The van der Waals surface area contributed by atoms with Gasteiger partial charge in [-0.15, -0.1) is 22.7 Å². The van der Waals surface area contributed by atoms with Crippen molar-refractivity contribution in [3.8, 4) is 22.3 Å². The summed E-state index contributed by atoms with van der Waals surface area (Å²) in [5.74, 6) is 0. The van der Waals surface area contributed by atoms with Crippen LogP contribution in [0, 0.1) is 0 Å². The van der Waals surface area contributed by atoms with Crippen LogP contribution in [0.5, 0.6) is 0 Å². The highest BCUT2D eigenvalue weighted by Gasteiger charge is 2.17. The first kappa shape index (κ1) is 28.3. The van der Waals surface area contributed by atoms with Crippen LogP contribution in [0.4, 0.5) is 17.1 Å². The van der Waals surface area contributed by atoms with Gasteiger partial charge in [0, 0.05) is 57.4 Å². The molecular weight excluding hydrogens is 631 g/mol. The molecule has 0 unspecified atom stereocenters. The molecule has 0 aliphatic heterocycles. The van der Waals surface area contributed by atoms with Crippen molar-refractivity contribution >= 4 is 90.9 Å². The van der Waals surface area contributed by atoms with Crippen molar-refractivity contribution in [2.45, 2.75) is 0 Å². The first-order valence-electron chi connectivity index (χ1n) is 16.6. The Balaban J connectivity index is 1.14. The molecule has 0 bridgehead atoms. The lowest BCUT2D eigenvalue weighted by Crippen LogP contribution is -2.10. The number of hydrogen-bond donors (Lipinski definition) is 0. The van der Waals surface area contributed by atoms with E-state index in [1.165, 1.54) is 73.4 Å². The van der Waals surface area contributed by atoms with E-state index in [0.29, 0.717) is 0 Å². The lowest BCUT2D eigenvalue weighted by molar-refractivity contribution is 1.29. The van der Waals surface area contributed by atoms with Gasteiger partial charge in [-0.3, -0.25) is 0 Å². The third-order valence-electron chi connectivity index (χ3n) is 9.63. The van der Waals surface area contributed by atoms with Crippen LogP contribution in [0.25, 0.3) is 73.4 Å². The number of benzene rings is 8. The van der Waals surface area contributed by atoms with Gasteiger partial charge in [0.25, 0.3) is 0 Å². The normalized spacial score (nSPS) is 11.7. The molecule has 0 fully saturated rings. The number of fused-ring (bicyclic) bond motifs is 7. The van der Waals surface area contributed by atoms with E-state index in [1.807, 2.05) is 22.7 Å². The lowest BCUT2D eigenvalue weighted by atomic mass is 10.0. The number of nitrogens with zero attached hydrogens (tertiary/aromatic N) is 1. The highest BCUT2D eigenvalue weighted by atomic mass is 32.1. The maximum atomic E-state index is 2.40. The van der Waals surface area contributed by atoms with Gasteiger partial charge in [-0.25, -0.2) is 0 Å². The predicted molar refractivity (Wildman–Crippen MR) is 215 cm³/mol. The van der Waals surface area contributed by atoms with E-state index < -0.39 is 0 Å². The van der Waals surface area contributed by atoms with Crippen molar-refractivity contribution < 1.29 is 0 Å². The summed E-state index contributed by atoms with van der Waals surface area (Å²) in [4.78, 5) is 2.40. The maximum Gasteiger partial charge on any atom is 0.0468 e. The fraction of sp³-hybridized carbons (Fsp3) is 0. The largest absolute Gasteiger partial charge is 0.310 e. The lowest BCUT2D eigenvalue weighted by Gasteiger charge is -2.26. The van der Waals surface area contributed by atoms with Gasteiger partial charge in [-0.2, -0.15) is 0 Å². The molecule has 1 nitrogen and oxygen atoms in total. The summed E-state index contributed by atoms with van der Waals surface area (Å²) < 4.78 is 5.31. The SMILES string of the molecule is c1ccc(-c2ccc(N(c3cccc(-c4cccc5c4sc4ccccc45)c3)c3ccc4cc5c(cc4c3)sc3ccccc35)cc2)cc1. The zero-order valence-corrected chi connectivity index (χ0v) is 28.1. The van der Waals surface area contributed by atoms with Crippen molar-refractivity contribution in [3.63, 3.8) is 0 Å². The molecule has 0 amide bonds.